The van der Waals surface area contributed by atoms with Crippen molar-refractivity contribution in [3.63, 3.8) is 0 Å². The number of para-hydroxylation sites is 2. The van der Waals surface area contributed by atoms with Crippen LogP contribution in [0.4, 0.5) is 5.95 Å². The summed E-state index contributed by atoms with van der Waals surface area (Å²) < 4.78 is 11.0. The van der Waals surface area contributed by atoms with Gasteiger partial charge in [0.15, 0.2) is 11.5 Å². The van der Waals surface area contributed by atoms with Crippen molar-refractivity contribution in [2.45, 2.75) is 19.3 Å². The summed E-state index contributed by atoms with van der Waals surface area (Å²) in [5.41, 5.74) is 0.909. The molecule has 0 atom stereocenters. The third-order valence-corrected chi connectivity index (χ3v) is 5.49. The van der Waals surface area contributed by atoms with Crippen LogP contribution in [0.1, 0.15) is 40.1 Å². The number of hydrogen-bond acceptors (Lipinski definition) is 8. The number of benzene rings is 2. The summed E-state index contributed by atoms with van der Waals surface area (Å²) in [5, 5.41) is 12.2. The fraction of sp³-hybridized carbons (Fsp3) is 0.357. The van der Waals surface area contributed by atoms with Crippen LogP contribution in [-0.4, -0.2) is 68.2 Å². The molecule has 0 aliphatic heterocycles. The Morgan fingerprint density at radius 2 is 1.45 bits per heavy atom. The van der Waals surface area contributed by atoms with Gasteiger partial charge in [0.2, 0.25) is 5.95 Å². The number of carbonyl (C=O) groups is 2. The molecule has 0 fully saturated rings. The van der Waals surface area contributed by atoms with Crippen molar-refractivity contribution in [3.05, 3.63) is 78.1 Å². The van der Waals surface area contributed by atoms with E-state index in [-0.39, 0.29) is 11.8 Å². The molecule has 0 bridgehead atoms. The number of rotatable bonds is 17. The molecular weight excluding hydrogens is 484 g/mol. The molecule has 2 aromatic carbocycles. The van der Waals surface area contributed by atoms with Crippen molar-refractivity contribution in [2.24, 2.45) is 0 Å². The monoisotopic (exact) mass is 520 g/mol. The molecule has 202 valence electrons. The van der Waals surface area contributed by atoms with E-state index in [1.165, 1.54) is 0 Å². The van der Waals surface area contributed by atoms with Gasteiger partial charge in [-0.1, -0.05) is 30.3 Å². The lowest BCUT2D eigenvalue weighted by Gasteiger charge is -2.10. The van der Waals surface area contributed by atoms with Crippen LogP contribution in [-0.2, 0) is 0 Å². The summed E-state index contributed by atoms with van der Waals surface area (Å²) in [4.78, 5) is 32.9. The SMILES string of the molecule is COc1ccccc1OCCCNCCCNc1nccc(C(=O)NCCCNC(=O)c2ccccc2)n1. The predicted molar refractivity (Wildman–Crippen MR) is 147 cm³/mol. The van der Waals surface area contributed by atoms with E-state index < -0.39 is 0 Å². The minimum atomic E-state index is -0.276. The van der Waals surface area contributed by atoms with Crippen LogP contribution >= 0.6 is 0 Å². The van der Waals surface area contributed by atoms with Crippen LogP contribution in [0.25, 0.3) is 0 Å². The topological polar surface area (TPSA) is 127 Å². The van der Waals surface area contributed by atoms with E-state index in [0.717, 1.165) is 37.4 Å². The summed E-state index contributed by atoms with van der Waals surface area (Å²) in [5.74, 6) is 1.50. The minimum Gasteiger partial charge on any atom is -0.493 e. The maximum absolute atomic E-state index is 12.4. The Labute approximate surface area is 223 Å². The number of carbonyl (C=O) groups excluding carboxylic acids is 2. The second-order valence-electron chi connectivity index (χ2n) is 8.38. The highest BCUT2D eigenvalue weighted by Gasteiger charge is 2.09. The maximum atomic E-state index is 12.4. The van der Waals surface area contributed by atoms with Crippen molar-refractivity contribution in [2.75, 3.05) is 51.8 Å². The molecule has 0 aliphatic carbocycles. The van der Waals surface area contributed by atoms with Crippen LogP contribution in [0.15, 0.2) is 66.9 Å². The molecular formula is C28H36N6O4. The Morgan fingerprint density at radius 1 is 0.763 bits per heavy atom. The fourth-order valence-electron chi connectivity index (χ4n) is 3.50. The standard InChI is InChI=1S/C28H36N6O4/c1-37-24-12-5-6-13-25(24)38-21-9-16-29-15-7-19-32-28-33-20-14-23(34-28)27(36)31-18-8-17-30-26(35)22-10-3-2-4-11-22/h2-6,10-14,20,29H,7-9,15-19,21H2,1H3,(H,30,35)(H,31,36)(H,32,33,34). The molecule has 0 saturated carbocycles. The highest BCUT2D eigenvalue weighted by Crippen LogP contribution is 2.25. The number of aromatic nitrogens is 2. The number of nitrogens with one attached hydrogen (secondary N) is 4. The number of methoxy groups -OCH3 is 1. The Balaban J connectivity index is 1.22. The number of anilines is 1. The smallest absolute Gasteiger partial charge is 0.270 e. The number of ether oxygens (including phenoxy) is 2. The normalized spacial score (nSPS) is 10.4. The fourth-order valence-corrected chi connectivity index (χ4v) is 3.50. The molecule has 4 N–H and O–H groups in total. The lowest BCUT2D eigenvalue weighted by Crippen LogP contribution is -2.30. The molecule has 10 nitrogen and oxygen atoms in total. The molecule has 0 unspecified atom stereocenters. The highest BCUT2D eigenvalue weighted by atomic mass is 16.5. The third-order valence-electron chi connectivity index (χ3n) is 5.49. The average Bonchev–Trinajstić information content (AvgIpc) is 2.96. The number of nitrogens with zero attached hydrogens (tertiary/aromatic N) is 2. The van der Waals surface area contributed by atoms with Crippen molar-refractivity contribution >= 4 is 17.8 Å². The van der Waals surface area contributed by atoms with Gasteiger partial charge in [0.05, 0.1) is 13.7 Å². The van der Waals surface area contributed by atoms with E-state index in [4.69, 9.17) is 9.47 Å². The van der Waals surface area contributed by atoms with Crippen LogP contribution in [0.2, 0.25) is 0 Å². The van der Waals surface area contributed by atoms with E-state index in [1.807, 2.05) is 42.5 Å². The Morgan fingerprint density at radius 3 is 2.24 bits per heavy atom. The summed E-state index contributed by atoms with van der Waals surface area (Å²) in [6.45, 7) is 3.86. The summed E-state index contributed by atoms with van der Waals surface area (Å²) >= 11 is 0. The van der Waals surface area contributed by atoms with Crippen molar-refractivity contribution in [1.29, 1.82) is 0 Å². The van der Waals surface area contributed by atoms with Gasteiger partial charge in [0.1, 0.15) is 5.69 Å². The van der Waals surface area contributed by atoms with Gasteiger partial charge in [-0.05, 0) is 62.7 Å². The van der Waals surface area contributed by atoms with Crippen LogP contribution < -0.4 is 30.7 Å². The van der Waals surface area contributed by atoms with Crippen LogP contribution in [0.5, 0.6) is 11.5 Å². The van der Waals surface area contributed by atoms with Crippen molar-refractivity contribution < 1.29 is 19.1 Å². The lowest BCUT2D eigenvalue weighted by molar-refractivity contribution is 0.0947. The molecule has 1 heterocycles. The number of amides is 2. The van der Waals surface area contributed by atoms with Gasteiger partial charge in [-0.3, -0.25) is 9.59 Å². The van der Waals surface area contributed by atoms with Gasteiger partial charge in [-0.2, -0.15) is 0 Å². The first-order chi connectivity index (χ1) is 18.7. The van der Waals surface area contributed by atoms with E-state index in [0.29, 0.717) is 49.9 Å². The second kappa shape index (κ2) is 16.5. The van der Waals surface area contributed by atoms with Gasteiger partial charge < -0.3 is 30.7 Å². The Bertz CT molecular complexity index is 1130. The van der Waals surface area contributed by atoms with Gasteiger partial charge in [0, 0.05) is 31.4 Å². The third kappa shape index (κ3) is 10.1. The van der Waals surface area contributed by atoms with E-state index in [1.54, 1.807) is 31.5 Å². The number of hydrogen-bond donors (Lipinski definition) is 4. The molecule has 0 aliphatic rings. The van der Waals surface area contributed by atoms with E-state index >= 15 is 0 Å². The average molecular weight is 521 g/mol. The molecule has 3 rings (SSSR count). The minimum absolute atomic E-state index is 0.128. The van der Waals surface area contributed by atoms with Gasteiger partial charge in [0.25, 0.3) is 11.8 Å². The molecule has 0 radical (unpaired) electrons. The molecule has 38 heavy (non-hydrogen) atoms. The first-order valence-corrected chi connectivity index (χ1v) is 12.8. The Hall–Kier alpha value is -4.18. The summed E-state index contributed by atoms with van der Waals surface area (Å²) in [7, 11) is 1.63. The van der Waals surface area contributed by atoms with Gasteiger partial charge in [-0.15, -0.1) is 0 Å². The lowest BCUT2D eigenvalue weighted by atomic mass is 10.2. The van der Waals surface area contributed by atoms with Gasteiger partial charge >= 0.3 is 0 Å². The molecule has 0 spiro atoms. The predicted octanol–water partition coefficient (Wildman–Crippen LogP) is 2.90. The molecule has 2 amide bonds. The van der Waals surface area contributed by atoms with Crippen molar-refractivity contribution in [1.82, 2.24) is 25.9 Å². The first-order valence-electron chi connectivity index (χ1n) is 12.8. The second-order valence-corrected chi connectivity index (χ2v) is 8.38. The van der Waals surface area contributed by atoms with Gasteiger partial charge in [-0.25, -0.2) is 9.97 Å². The van der Waals surface area contributed by atoms with E-state index in [2.05, 4.69) is 31.2 Å². The van der Waals surface area contributed by atoms with Crippen LogP contribution in [0, 0.1) is 0 Å². The maximum Gasteiger partial charge on any atom is 0.270 e. The summed E-state index contributed by atoms with van der Waals surface area (Å²) in [6, 6.07) is 18.2. The molecule has 10 heteroatoms. The molecule has 1 aromatic heterocycles. The Kier molecular flexibility index (Phi) is 12.4. The van der Waals surface area contributed by atoms with Crippen LogP contribution in [0.3, 0.4) is 0 Å². The zero-order chi connectivity index (χ0) is 26.8. The van der Waals surface area contributed by atoms with Crippen molar-refractivity contribution in [3.8, 4) is 11.5 Å². The molecule has 0 saturated heterocycles. The zero-order valence-corrected chi connectivity index (χ0v) is 21.7. The molecule has 3 aromatic rings. The van der Waals surface area contributed by atoms with E-state index in [9.17, 15) is 9.59 Å². The quantitative estimate of drug-likeness (QED) is 0.200. The first kappa shape index (κ1) is 28.4. The zero-order valence-electron chi connectivity index (χ0n) is 21.7. The largest absolute Gasteiger partial charge is 0.493 e. The highest BCUT2D eigenvalue weighted by molar-refractivity contribution is 5.94. The summed E-state index contributed by atoms with van der Waals surface area (Å²) in [6.07, 6.45) is 3.93.